The van der Waals surface area contributed by atoms with E-state index in [0.717, 1.165) is 0 Å². The van der Waals surface area contributed by atoms with Gasteiger partial charge >= 0.3 is 29.9 Å². The molecule has 0 aromatic carbocycles. The van der Waals surface area contributed by atoms with E-state index in [-0.39, 0.29) is 6.61 Å². The van der Waals surface area contributed by atoms with Crippen molar-refractivity contribution < 1.29 is 71.7 Å². The third kappa shape index (κ3) is 10.7. The van der Waals surface area contributed by atoms with Crippen molar-refractivity contribution in [3.05, 3.63) is 0 Å². The number of nitrogens with zero attached hydrogens (tertiary/aromatic N) is 1. The molecule has 36 heavy (non-hydrogen) atoms. The van der Waals surface area contributed by atoms with E-state index in [1.165, 1.54) is 0 Å². The lowest BCUT2D eigenvalue weighted by Crippen LogP contribution is -2.48. The van der Waals surface area contributed by atoms with Crippen LogP contribution in [0, 0.1) is 0 Å². The number of aliphatic hydroxyl groups excluding tert-OH is 1. The number of halogens is 13. The van der Waals surface area contributed by atoms with E-state index in [1.807, 2.05) is 4.90 Å². The molecule has 0 aromatic rings. The predicted molar refractivity (Wildman–Crippen MR) is 98.0 cm³/mol. The van der Waals surface area contributed by atoms with Crippen LogP contribution in [0.25, 0.3) is 0 Å². The van der Waals surface area contributed by atoms with Gasteiger partial charge in [-0.25, -0.2) is 8.78 Å². The van der Waals surface area contributed by atoms with Crippen molar-refractivity contribution in [3.63, 3.8) is 0 Å². The van der Waals surface area contributed by atoms with Crippen LogP contribution in [-0.2, 0) is 9.47 Å². The number of hydrogen-bond acceptors (Lipinski definition) is 4. The molecular weight excluding hydrogens is 537 g/mol. The van der Waals surface area contributed by atoms with Gasteiger partial charge in [-0.1, -0.05) is 0 Å². The van der Waals surface area contributed by atoms with Gasteiger partial charge in [0, 0.05) is 38.9 Å². The molecule has 17 heteroatoms. The van der Waals surface area contributed by atoms with E-state index in [0.29, 0.717) is 32.8 Å². The Labute approximate surface area is 197 Å². The minimum Gasteiger partial charge on any atom is -0.390 e. The minimum absolute atomic E-state index is 0.0571. The van der Waals surface area contributed by atoms with Gasteiger partial charge in [-0.3, -0.25) is 4.90 Å². The summed E-state index contributed by atoms with van der Waals surface area (Å²) in [6, 6.07) is 0. The van der Waals surface area contributed by atoms with Gasteiger partial charge in [0.05, 0.1) is 39.0 Å². The Morgan fingerprint density at radius 1 is 0.722 bits per heavy atom. The first-order chi connectivity index (χ1) is 16.1. The molecule has 0 saturated carbocycles. The van der Waals surface area contributed by atoms with Crippen LogP contribution in [0.15, 0.2) is 0 Å². The van der Waals surface area contributed by atoms with Gasteiger partial charge in [0.15, 0.2) is 0 Å². The van der Waals surface area contributed by atoms with Crippen molar-refractivity contribution >= 4 is 0 Å². The molecule has 0 aliphatic carbocycles. The number of hydrogen-bond donors (Lipinski definition) is 1. The van der Waals surface area contributed by atoms with E-state index in [2.05, 4.69) is 0 Å². The maximum absolute atomic E-state index is 13.9. The Morgan fingerprint density at radius 2 is 1.25 bits per heavy atom. The van der Waals surface area contributed by atoms with Crippen LogP contribution in [0.5, 0.6) is 0 Å². The fraction of sp³-hybridized carbons (Fsp3) is 1.00. The highest BCUT2D eigenvalue weighted by molar-refractivity contribution is 4.93. The zero-order valence-corrected chi connectivity index (χ0v) is 18.7. The zero-order valence-electron chi connectivity index (χ0n) is 18.7. The van der Waals surface area contributed by atoms with Crippen LogP contribution in [0.1, 0.15) is 32.1 Å². The number of morpholine rings is 1. The van der Waals surface area contributed by atoms with Crippen LogP contribution in [0.4, 0.5) is 57.1 Å². The molecule has 216 valence electrons. The summed E-state index contributed by atoms with van der Waals surface area (Å²) in [6.07, 6.45) is -21.6. The van der Waals surface area contributed by atoms with Crippen molar-refractivity contribution in [2.45, 2.75) is 74.0 Å². The van der Waals surface area contributed by atoms with E-state index in [9.17, 15) is 62.2 Å². The van der Waals surface area contributed by atoms with Crippen LogP contribution in [0.2, 0.25) is 0 Å². The number of aliphatic hydroxyl groups is 1. The zero-order chi connectivity index (χ0) is 28.1. The van der Waals surface area contributed by atoms with Crippen molar-refractivity contribution in [3.8, 4) is 0 Å². The second kappa shape index (κ2) is 12.2. The Bertz CT molecular complexity index is 667. The average Bonchev–Trinajstić information content (AvgIpc) is 2.67. The number of ether oxygens (including phenoxy) is 2. The molecule has 1 aliphatic heterocycles. The lowest BCUT2D eigenvalue weighted by molar-refractivity contribution is -0.282. The highest BCUT2D eigenvalue weighted by Crippen LogP contribution is 2.49. The molecule has 1 aliphatic rings. The first kappa shape index (κ1) is 33.0. The van der Waals surface area contributed by atoms with E-state index < -0.39 is 80.6 Å². The minimum atomic E-state index is -5.99. The van der Waals surface area contributed by atoms with Gasteiger partial charge < -0.3 is 14.6 Å². The molecule has 4 nitrogen and oxygen atoms in total. The van der Waals surface area contributed by atoms with Gasteiger partial charge in [0.1, 0.15) is 6.42 Å². The topological polar surface area (TPSA) is 41.9 Å². The molecule has 0 amide bonds. The lowest BCUT2D eigenvalue weighted by atomic mass is 9.94. The summed E-state index contributed by atoms with van der Waals surface area (Å²) in [6.45, 7) is 1.49. The largest absolute Gasteiger partial charge is 0.395 e. The number of alkyl halides is 13. The molecule has 1 heterocycles. The second-order valence-electron chi connectivity index (χ2n) is 8.53. The lowest BCUT2D eigenvalue weighted by Gasteiger charge is -2.32. The van der Waals surface area contributed by atoms with E-state index in [1.54, 1.807) is 0 Å². The highest BCUT2D eigenvalue weighted by Gasteiger charge is 2.64. The van der Waals surface area contributed by atoms with Crippen molar-refractivity contribution in [2.24, 2.45) is 0 Å². The van der Waals surface area contributed by atoms with Crippen LogP contribution < -0.4 is 0 Å². The molecule has 0 bridgehead atoms. The third-order valence-electron chi connectivity index (χ3n) is 5.24. The van der Waals surface area contributed by atoms with Crippen LogP contribution >= 0.6 is 0 Å². The smallest absolute Gasteiger partial charge is 0.390 e. The first-order valence-corrected chi connectivity index (χ1v) is 10.6. The van der Waals surface area contributed by atoms with Crippen molar-refractivity contribution in [1.82, 2.24) is 4.90 Å². The fourth-order valence-corrected chi connectivity index (χ4v) is 3.19. The summed E-state index contributed by atoms with van der Waals surface area (Å²) >= 11 is 0. The Kier molecular flexibility index (Phi) is 11.2. The van der Waals surface area contributed by atoms with Crippen molar-refractivity contribution in [2.75, 3.05) is 46.1 Å². The summed E-state index contributed by atoms with van der Waals surface area (Å²) in [5.74, 6) is -27.5. The molecule has 0 aromatic heterocycles. The summed E-state index contributed by atoms with van der Waals surface area (Å²) < 4.78 is 182. The van der Waals surface area contributed by atoms with Gasteiger partial charge in [0.2, 0.25) is 0 Å². The molecule has 0 spiro atoms. The van der Waals surface area contributed by atoms with Gasteiger partial charge in [-0.15, -0.1) is 0 Å². The molecule has 1 N–H and O–H groups in total. The maximum atomic E-state index is 13.9. The molecular formula is C19H26F13NO3. The van der Waals surface area contributed by atoms with Crippen molar-refractivity contribution in [1.29, 1.82) is 0 Å². The summed E-state index contributed by atoms with van der Waals surface area (Å²) in [4.78, 5) is 1.88. The summed E-state index contributed by atoms with van der Waals surface area (Å²) in [7, 11) is 0. The van der Waals surface area contributed by atoms with Crippen LogP contribution in [-0.4, -0.2) is 98.0 Å². The van der Waals surface area contributed by atoms with Crippen LogP contribution in [0.3, 0.4) is 0 Å². The summed E-state index contributed by atoms with van der Waals surface area (Å²) in [5.41, 5.74) is 0. The quantitative estimate of drug-likeness (QED) is 0.215. The first-order valence-electron chi connectivity index (χ1n) is 10.6. The van der Waals surface area contributed by atoms with Gasteiger partial charge in [-0.2, -0.15) is 48.3 Å². The standard InChI is InChI=1S/C19H26F13NO3/c20-14(21,11-17(26,27)18(28,29)12-19(30,31)32)1-2-15(22,23)16(24,25)9-13(34)10-36-8-5-33-3-6-35-7-4-33/h13,34H,1-12H2. The highest BCUT2D eigenvalue weighted by atomic mass is 19.4. The fourth-order valence-electron chi connectivity index (χ4n) is 3.19. The molecule has 1 saturated heterocycles. The van der Waals surface area contributed by atoms with Gasteiger partial charge in [0.25, 0.3) is 5.92 Å². The average molecular weight is 563 g/mol. The predicted octanol–water partition coefficient (Wildman–Crippen LogP) is 5.39. The Balaban J connectivity index is 2.59. The Morgan fingerprint density at radius 3 is 1.78 bits per heavy atom. The van der Waals surface area contributed by atoms with E-state index in [4.69, 9.17) is 9.47 Å². The molecule has 0 radical (unpaired) electrons. The SMILES string of the molecule is OC(COCCN1CCOCC1)CC(F)(F)C(F)(F)CCC(F)(F)CC(F)(F)C(F)(F)CC(F)(F)F. The molecule has 1 fully saturated rings. The Hall–Kier alpha value is -1.07. The molecule has 1 unspecified atom stereocenters. The molecule has 1 rings (SSSR count). The van der Waals surface area contributed by atoms with E-state index >= 15 is 0 Å². The normalized spacial score (nSPS) is 18.5. The monoisotopic (exact) mass is 563 g/mol. The van der Waals surface area contributed by atoms with Gasteiger partial charge in [-0.05, 0) is 0 Å². The number of rotatable bonds is 15. The third-order valence-corrected chi connectivity index (χ3v) is 5.24. The maximum Gasteiger partial charge on any atom is 0.395 e. The second-order valence-corrected chi connectivity index (χ2v) is 8.53. The molecule has 1 atom stereocenters. The summed E-state index contributed by atoms with van der Waals surface area (Å²) in [5, 5.41) is 9.55.